The van der Waals surface area contributed by atoms with Crippen molar-refractivity contribution in [2.75, 3.05) is 38.2 Å². The van der Waals surface area contributed by atoms with Crippen LogP contribution in [0.5, 0.6) is 11.5 Å². The van der Waals surface area contributed by atoms with E-state index in [9.17, 15) is 0 Å². The van der Waals surface area contributed by atoms with Gasteiger partial charge in [0.25, 0.3) is 0 Å². The van der Waals surface area contributed by atoms with Crippen molar-refractivity contribution in [1.29, 1.82) is 0 Å². The lowest BCUT2D eigenvalue weighted by Gasteiger charge is -2.36. The molecule has 156 valence electrons. The normalized spacial score (nSPS) is 14.5. The standard InChI is InChI=1S/C25H27ClN2O2/c1-29-24-11-10-21(16-25(24)30-19-20-6-3-2-4-7-20)18-27-12-14-28(15-13-27)23-9-5-8-22(26)17-23/h2-11,16-17H,12-15,18-19H2,1H3. The summed E-state index contributed by atoms with van der Waals surface area (Å²) in [5, 5.41) is 0.788. The summed E-state index contributed by atoms with van der Waals surface area (Å²) in [5.74, 6) is 1.55. The maximum atomic E-state index is 6.15. The molecule has 3 aromatic carbocycles. The second-order valence-corrected chi connectivity index (χ2v) is 7.94. The number of piperazine rings is 1. The molecule has 0 atom stereocenters. The maximum absolute atomic E-state index is 6.15. The van der Waals surface area contributed by atoms with Crippen LogP contribution in [0.15, 0.2) is 72.8 Å². The zero-order valence-electron chi connectivity index (χ0n) is 17.3. The van der Waals surface area contributed by atoms with Gasteiger partial charge in [-0.05, 0) is 41.5 Å². The fourth-order valence-corrected chi connectivity index (χ4v) is 3.95. The van der Waals surface area contributed by atoms with E-state index in [1.165, 1.54) is 11.3 Å². The SMILES string of the molecule is COc1ccc(CN2CCN(c3cccc(Cl)c3)CC2)cc1OCc1ccccc1. The van der Waals surface area contributed by atoms with Crippen molar-refractivity contribution in [3.63, 3.8) is 0 Å². The molecule has 0 aromatic heterocycles. The molecule has 1 aliphatic rings. The smallest absolute Gasteiger partial charge is 0.161 e. The summed E-state index contributed by atoms with van der Waals surface area (Å²) in [4.78, 5) is 4.87. The number of benzene rings is 3. The van der Waals surface area contributed by atoms with Crippen LogP contribution in [0.25, 0.3) is 0 Å². The largest absolute Gasteiger partial charge is 0.493 e. The van der Waals surface area contributed by atoms with E-state index < -0.39 is 0 Å². The molecule has 0 amide bonds. The highest BCUT2D eigenvalue weighted by atomic mass is 35.5. The van der Waals surface area contributed by atoms with Crippen LogP contribution < -0.4 is 14.4 Å². The summed E-state index contributed by atoms with van der Waals surface area (Å²) in [6, 6.07) is 24.5. The van der Waals surface area contributed by atoms with Crippen LogP contribution >= 0.6 is 11.6 Å². The summed E-state index contributed by atoms with van der Waals surface area (Å²) in [6.45, 7) is 5.44. The maximum Gasteiger partial charge on any atom is 0.161 e. The average Bonchev–Trinajstić information content (AvgIpc) is 2.79. The van der Waals surface area contributed by atoms with Gasteiger partial charge in [-0.1, -0.05) is 54.1 Å². The molecule has 0 saturated carbocycles. The van der Waals surface area contributed by atoms with Gasteiger partial charge in [-0.15, -0.1) is 0 Å². The number of halogens is 1. The zero-order valence-corrected chi connectivity index (χ0v) is 18.0. The number of nitrogens with zero attached hydrogens (tertiary/aromatic N) is 2. The summed E-state index contributed by atoms with van der Waals surface area (Å²) in [5.41, 5.74) is 3.57. The lowest BCUT2D eigenvalue weighted by atomic mass is 10.1. The Bertz CT molecular complexity index is 956. The van der Waals surface area contributed by atoms with E-state index in [-0.39, 0.29) is 0 Å². The van der Waals surface area contributed by atoms with Gasteiger partial charge in [-0.3, -0.25) is 4.90 Å². The Hall–Kier alpha value is -2.69. The summed E-state index contributed by atoms with van der Waals surface area (Å²) in [6.07, 6.45) is 0. The van der Waals surface area contributed by atoms with Gasteiger partial charge < -0.3 is 14.4 Å². The van der Waals surface area contributed by atoms with E-state index in [0.717, 1.165) is 54.8 Å². The first-order valence-corrected chi connectivity index (χ1v) is 10.7. The predicted molar refractivity (Wildman–Crippen MR) is 123 cm³/mol. The topological polar surface area (TPSA) is 24.9 Å². The number of methoxy groups -OCH3 is 1. The molecule has 0 radical (unpaired) electrons. The van der Waals surface area contributed by atoms with E-state index in [4.69, 9.17) is 21.1 Å². The van der Waals surface area contributed by atoms with E-state index in [2.05, 4.69) is 40.1 Å². The molecule has 4 nitrogen and oxygen atoms in total. The Kier molecular flexibility index (Phi) is 6.77. The lowest BCUT2D eigenvalue weighted by Crippen LogP contribution is -2.45. The molecule has 1 saturated heterocycles. The Labute approximate surface area is 183 Å². The van der Waals surface area contributed by atoms with Crippen LogP contribution in [-0.4, -0.2) is 38.2 Å². The summed E-state index contributed by atoms with van der Waals surface area (Å²) in [7, 11) is 1.68. The number of hydrogen-bond donors (Lipinski definition) is 0. The Balaban J connectivity index is 1.36. The minimum atomic E-state index is 0.527. The molecule has 3 aromatic rings. The van der Waals surface area contributed by atoms with Gasteiger partial charge in [0.05, 0.1) is 7.11 Å². The minimum Gasteiger partial charge on any atom is -0.493 e. The van der Waals surface area contributed by atoms with Gasteiger partial charge in [0.1, 0.15) is 6.61 Å². The van der Waals surface area contributed by atoms with Crippen LogP contribution in [0.2, 0.25) is 5.02 Å². The van der Waals surface area contributed by atoms with E-state index >= 15 is 0 Å². The van der Waals surface area contributed by atoms with Gasteiger partial charge in [-0.2, -0.15) is 0 Å². The molecule has 0 bridgehead atoms. The molecule has 5 heteroatoms. The molecule has 1 heterocycles. The van der Waals surface area contributed by atoms with Crippen LogP contribution in [0.1, 0.15) is 11.1 Å². The van der Waals surface area contributed by atoms with Gasteiger partial charge in [0, 0.05) is 43.4 Å². The van der Waals surface area contributed by atoms with Crippen molar-refractivity contribution < 1.29 is 9.47 Å². The highest BCUT2D eigenvalue weighted by Gasteiger charge is 2.18. The molecule has 0 spiro atoms. The lowest BCUT2D eigenvalue weighted by molar-refractivity contribution is 0.248. The summed E-state index contributed by atoms with van der Waals surface area (Å²) >= 11 is 6.15. The number of hydrogen-bond acceptors (Lipinski definition) is 4. The van der Waals surface area contributed by atoms with Crippen molar-refractivity contribution in [3.05, 3.63) is 88.9 Å². The highest BCUT2D eigenvalue weighted by molar-refractivity contribution is 6.30. The molecule has 0 aliphatic carbocycles. The third-order valence-electron chi connectivity index (χ3n) is 5.42. The molecular weight excluding hydrogens is 396 g/mol. The number of rotatable bonds is 7. The second kappa shape index (κ2) is 9.88. The molecule has 30 heavy (non-hydrogen) atoms. The molecule has 1 aliphatic heterocycles. The second-order valence-electron chi connectivity index (χ2n) is 7.50. The fourth-order valence-electron chi connectivity index (χ4n) is 3.76. The third-order valence-corrected chi connectivity index (χ3v) is 5.65. The zero-order chi connectivity index (χ0) is 20.8. The number of anilines is 1. The Morgan fingerprint density at radius 3 is 2.33 bits per heavy atom. The summed E-state index contributed by atoms with van der Waals surface area (Å²) < 4.78 is 11.6. The van der Waals surface area contributed by atoms with Crippen molar-refractivity contribution >= 4 is 17.3 Å². The fraction of sp³-hybridized carbons (Fsp3) is 0.280. The molecule has 0 unspecified atom stereocenters. The van der Waals surface area contributed by atoms with E-state index in [1.807, 2.05) is 42.5 Å². The minimum absolute atomic E-state index is 0.527. The van der Waals surface area contributed by atoms with Crippen molar-refractivity contribution in [2.45, 2.75) is 13.2 Å². The van der Waals surface area contributed by atoms with Crippen LogP contribution in [0, 0.1) is 0 Å². The van der Waals surface area contributed by atoms with E-state index in [1.54, 1.807) is 7.11 Å². The first-order valence-electron chi connectivity index (χ1n) is 10.3. The average molecular weight is 423 g/mol. The monoisotopic (exact) mass is 422 g/mol. The van der Waals surface area contributed by atoms with Gasteiger partial charge in [0.2, 0.25) is 0 Å². The molecule has 1 fully saturated rings. The van der Waals surface area contributed by atoms with Gasteiger partial charge in [-0.25, -0.2) is 0 Å². The molecule has 0 N–H and O–H groups in total. The van der Waals surface area contributed by atoms with Gasteiger partial charge >= 0.3 is 0 Å². The number of ether oxygens (including phenoxy) is 2. The quantitative estimate of drug-likeness (QED) is 0.519. The van der Waals surface area contributed by atoms with Crippen molar-refractivity contribution in [2.24, 2.45) is 0 Å². The van der Waals surface area contributed by atoms with Crippen LogP contribution in [0.4, 0.5) is 5.69 Å². The van der Waals surface area contributed by atoms with Crippen molar-refractivity contribution in [3.8, 4) is 11.5 Å². The first kappa shape index (κ1) is 20.6. The van der Waals surface area contributed by atoms with Crippen LogP contribution in [0.3, 0.4) is 0 Å². The third kappa shape index (κ3) is 5.26. The molecular formula is C25H27ClN2O2. The van der Waals surface area contributed by atoms with Crippen molar-refractivity contribution in [1.82, 2.24) is 4.90 Å². The highest BCUT2D eigenvalue weighted by Crippen LogP contribution is 2.30. The van der Waals surface area contributed by atoms with Gasteiger partial charge in [0.15, 0.2) is 11.5 Å². The predicted octanol–water partition coefficient (Wildman–Crippen LogP) is 5.25. The Morgan fingerprint density at radius 1 is 0.800 bits per heavy atom. The van der Waals surface area contributed by atoms with Crippen LogP contribution in [-0.2, 0) is 13.2 Å². The molecule has 4 rings (SSSR count). The Morgan fingerprint density at radius 2 is 1.60 bits per heavy atom. The van der Waals surface area contributed by atoms with E-state index in [0.29, 0.717) is 6.61 Å². The first-order chi connectivity index (χ1) is 14.7.